The Bertz CT molecular complexity index is 496. The molecule has 0 bridgehead atoms. The van der Waals surface area contributed by atoms with Crippen molar-refractivity contribution in [1.29, 1.82) is 0 Å². The van der Waals surface area contributed by atoms with Gasteiger partial charge in [0.1, 0.15) is 6.54 Å². The minimum atomic E-state index is -0.520. The van der Waals surface area contributed by atoms with E-state index in [1.54, 1.807) is 12.1 Å². The van der Waals surface area contributed by atoms with Gasteiger partial charge in [0.05, 0.1) is 14.2 Å². The minimum Gasteiger partial charge on any atom is -0.504 e. The number of amides is 1. The van der Waals surface area contributed by atoms with Crippen LogP contribution in [0.15, 0.2) is 24.3 Å². The Kier molecular flexibility index (Phi) is 5.40. The van der Waals surface area contributed by atoms with E-state index in [9.17, 15) is 14.7 Å². The lowest BCUT2D eigenvalue weighted by atomic mass is 10.2. The zero-order chi connectivity index (χ0) is 14.3. The maximum absolute atomic E-state index is 11.4. The first kappa shape index (κ1) is 14.6. The van der Waals surface area contributed by atoms with Gasteiger partial charge in [-0.1, -0.05) is 6.07 Å². The molecule has 0 heterocycles. The van der Waals surface area contributed by atoms with Gasteiger partial charge >= 0.3 is 5.97 Å². The Morgan fingerprint density at radius 3 is 2.74 bits per heavy atom. The van der Waals surface area contributed by atoms with E-state index in [2.05, 4.69) is 10.1 Å². The summed E-state index contributed by atoms with van der Waals surface area (Å²) in [4.78, 5) is 22.2. The fourth-order valence-corrected chi connectivity index (χ4v) is 1.26. The molecule has 0 saturated heterocycles. The number of esters is 1. The van der Waals surface area contributed by atoms with Crippen molar-refractivity contribution < 1.29 is 24.2 Å². The molecule has 0 aliphatic rings. The van der Waals surface area contributed by atoms with E-state index >= 15 is 0 Å². The summed E-state index contributed by atoms with van der Waals surface area (Å²) in [6, 6.07) is 4.67. The highest BCUT2D eigenvalue weighted by Gasteiger charge is 2.03. The highest BCUT2D eigenvalue weighted by Crippen LogP contribution is 2.26. The number of carbonyl (C=O) groups excluding carboxylic acids is 2. The van der Waals surface area contributed by atoms with Crippen LogP contribution in [-0.2, 0) is 14.3 Å². The molecule has 1 aromatic carbocycles. The van der Waals surface area contributed by atoms with Gasteiger partial charge in [0.2, 0.25) is 5.91 Å². The minimum absolute atomic E-state index is 0.0230. The van der Waals surface area contributed by atoms with E-state index in [-0.39, 0.29) is 12.3 Å². The molecule has 0 unspecified atom stereocenters. The lowest BCUT2D eigenvalue weighted by Crippen LogP contribution is -2.28. The summed E-state index contributed by atoms with van der Waals surface area (Å²) >= 11 is 0. The molecule has 0 saturated carbocycles. The maximum Gasteiger partial charge on any atom is 0.325 e. The molecule has 2 N–H and O–H groups in total. The fraction of sp³-hybridized carbons (Fsp3) is 0.231. The monoisotopic (exact) mass is 265 g/mol. The third kappa shape index (κ3) is 4.71. The van der Waals surface area contributed by atoms with Crippen molar-refractivity contribution in [2.75, 3.05) is 20.8 Å². The Balaban J connectivity index is 2.61. The summed E-state index contributed by atoms with van der Waals surface area (Å²) < 4.78 is 9.33. The van der Waals surface area contributed by atoms with Crippen LogP contribution in [0.5, 0.6) is 11.5 Å². The van der Waals surface area contributed by atoms with Gasteiger partial charge in [-0.2, -0.15) is 0 Å². The standard InChI is InChI=1S/C13H15NO5/c1-18-11-7-9(3-5-10(11)15)4-6-12(16)14-8-13(17)19-2/h3-7,15H,8H2,1-2H3,(H,14,16)/b6-4+. The number of ether oxygens (including phenoxy) is 2. The van der Waals surface area contributed by atoms with Crippen LogP contribution in [0.3, 0.4) is 0 Å². The average molecular weight is 265 g/mol. The van der Waals surface area contributed by atoms with Crippen LogP contribution < -0.4 is 10.1 Å². The smallest absolute Gasteiger partial charge is 0.325 e. The summed E-state index contributed by atoms with van der Waals surface area (Å²) in [7, 11) is 2.68. The predicted molar refractivity (Wildman–Crippen MR) is 68.7 cm³/mol. The Morgan fingerprint density at radius 1 is 1.37 bits per heavy atom. The maximum atomic E-state index is 11.4. The summed E-state index contributed by atoms with van der Waals surface area (Å²) in [5.74, 6) is -0.600. The molecule has 1 aromatic rings. The molecule has 0 aliphatic carbocycles. The molecular weight excluding hydrogens is 250 g/mol. The molecule has 19 heavy (non-hydrogen) atoms. The van der Waals surface area contributed by atoms with Gasteiger partial charge in [0, 0.05) is 6.08 Å². The van der Waals surface area contributed by atoms with Crippen molar-refractivity contribution in [2.45, 2.75) is 0 Å². The lowest BCUT2D eigenvalue weighted by molar-refractivity contribution is -0.140. The largest absolute Gasteiger partial charge is 0.504 e. The topological polar surface area (TPSA) is 84.9 Å². The van der Waals surface area contributed by atoms with Gasteiger partial charge in [0.15, 0.2) is 11.5 Å². The second-order valence-corrected chi connectivity index (χ2v) is 3.56. The first-order valence-electron chi connectivity index (χ1n) is 5.46. The van der Waals surface area contributed by atoms with Crippen molar-refractivity contribution in [3.8, 4) is 11.5 Å². The van der Waals surface area contributed by atoms with Crippen molar-refractivity contribution in [2.24, 2.45) is 0 Å². The normalized spacial score (nSPS) is 10.2. The van der Waals surface area contributed by atoms with Crippen LogP contribution >= 0.6 is 0 Å². The second-order valence-electron chi connectivity index (χ2n) is 3.56. The number of phenolic OH excluding ortho intramolecular Hbond substituents is 1. The molecule has 0 aromatic heterocycles. The molecule has 1 rings (SSSR count). The SMILES string of the molecule is COC(=O)CNC(=O)/C=C/c1ccc(O)c(OC)c1. The Morgan fingerprint density at radius 2 is 2.11 bits per heavy atom. The molecule has 0 radical (unpaired) electrons. The van der Waals surface area contributed by atoms with E-state index in [1.165, 1.54) is 32.4 Å². The molecular formula is C13H15NO5. The Hall–Kier alpha value is -2.50. The summed E-state index contributed by atoms with van der Waals surface area (Å²) in [5.41, 5.74) is 0.683. The number of rotatable bonds is 5. The molecule has 1 amide bonds. The van der Waals surface area contributed by atoms with Gasteiger partial charge in [-0.05, 0) is 23.8 Å². The van der Waals surface area contributed by atoms with Gasteiger partial charge in [-0.15, -0.1) is 0 Å². The second kappa shape index (κ2) is 7.05. The van der Waals surface area contributed by atoms with Gasteiger partial charge in [-0.3, -0.25) is 9.59 Å². The van der Waals surface area contributed by atoms with Crippen LogP contribution in [0, 0.1) is 0 Å². The van der Waals surface area contributed by atoms with E-state index in [0.717, 1.165) is 0 Å². The van der Waals surface area contributed by atoms with E-state index in [1.807, 2.05) is 0 Å². The number of nitrogens with one attached hydrogen (secondary N) is 1. The number of methoxy groups -OCH3 is 2. The van der Waals surface area contributed by atoms with Crippen molar-refractivity contribution in [1.82, 2.24) is 5.32 Å². The highest BCUT2D eigenvalue weighted by atomic mass is 16.5. The lowest BCUT2D eigenvalue weighted by Gasteiger charge is -2.03. The molecule has 6 nitrogen and oxygen atoms in total. The Labute approximate surface area is 110 Å². The third-order valence-electron chi connectivity index (χ3n) is 2.27. The van der Waals surface area contributed by atoms with Gasteiger partial charge < -0.3 is 19.9 Å². The number of hydrogen-bond donors (Lipinski definition) is 2. The van der Waals surface area contributed by atoms with E-state index in [0.29, 0.717) is 11.3 Å². The van der Waals surface area contributed by atoms with Crippen molar-refractivity contribution in [3.05, 3.63) is 29.8 Å². The van der Waals surface area contributed by atoms with Gasteiger partial charge in [0.25, 0.3) is 0 Å². The summed E-state index contributed by atoms with van der Waals surface area (Å²) in [5, 5.41) is 11.8. The number of phenols is 1. The zero-order valence-electron chi connectivity index (χ0n) is 10.7. The molecule has 0 atom stereocenters. The number of aromatic hydroxyl groups is 1. The molecule has 0 spiro atoms. The quantitative estimate of drug-likeness (QED) is 0.605. The van der Waals surface area contributed by atoms with E-state index in [4.69, 9.17) is 4.74 Å². The molecule has 0 aliphatic heterocycles. The molecule has 102 valence electrons. The highest BCUT2D eigenvalue weighted by molar-refractivity contribution is 5.93. The van der Waals surface area contributed by atoms with Crippen LogP contribution in [0.25, 0.3) is 6.08 Å². The van der Waals surface area contributed by atoms with E-state index < -0.39 is 11.9 Å². The third-order valence-corrected chi connectivity index (χ3v) is 2.27. The summed E-state index contributed by atoms with van der Waals surface area (Å²) in [6.45, 7) is -0.182. The molecule has 0 fully saturated rings. The zero-order valence-corrected chi connectivity index (χ0v) is 10.7. The van der Waals surface area contributed by atoms with Crippen LogP contribution in [-0.4, -0.2) is 37.7 Å². The van der Waals surface area contributed by atoms with Crippen LogP contribution in [0.2, 0.25) is 0 Å². The molecule has 6 heteroatoms. The fourth-order valence-electron chi connectivity index (χ4n) is 1.26. The number of benzene rings is 1. The van der Waals surface area contributed by atoms with Crippen LogP contribution in [0.1, 0.15) is 5.56 Å². The van der Waals surface area contributed by atoms with Crippen molar-refractivity contribution >= 4 is 18.0 Å². The number of carbonyl (C=O) groups is 2. The predicted octanol–water partition coefficient (Wildman–Crippen LogP) is 0.703. The first-order valence-corrected chi connectivity index (χ1v) is 5.46. The van der Waals surface area contributed by atoms with Gasteiger partial charge in [-0.25, -0.2) is 0 Å². The first-order chi connectivity index (χ1) is 9.06. The summed E-state index contributed by atoms with van der Waals surface area (Å²) in [6.07, 6.45) is 2.81. The van der Waals surface area contributed by atoms with Crippen LogP contribution in [0.4, 0.5) is 0 Å². The van der Waals surface area contributed by atoms with Crippen molar-refractivity contribution in [3.63, 3.8) is 0 Å². The average Bonchev–Trinajstić information content (AvgIpc) is 2.43. The number of hydrogen-bond acceptors (Lipinski definition) is 5.